The third-order valence-corrected chi connectivity index (χ3v) is 5.14. The molecule has 8 heteroatoms. The van der Waals surface area contributed by atoms with E-state index in [4.69, 9.17) is 0 Å². The Bertz CT molecular complexity index is 755. The highest BCUT2D eigenvalue weighted by atomic mass is 32.2. The number of aromatic nitrogens is 4. The molecule has 1 aliphatic rings. The Kier molecular flexibility index (Phi) is 3.40. The number of rotatable bonds is 2. The highest BCUT2D eigenvalue weighted by Crippen LogP contribution is 2.17. The minimum atomic E-state index is -2.89. The average Bonchev–Trinajstić information content (AvgIpc) is 2.78. The van der Waals surface area contributed by atoms with Crippen LogP contribution in [0, 0.1) is 13.8 Å². The fourth-order valence-electron chi connectivity index (χ4n) is 2.43. The van der Waals surface area contributed by atoms with Gasteiger partial charge in [-0.3, -0.25) is 0 Å². The standard InChI is InChI=1S/C13H17N5O2S/c1-10-7-11(2)18(16-10)13-8-12(14-9-15-13)17-3-5-21(19,20)6-4-17/h7-9H,3-6H2,1-2H3. The van der Waals surface area contributed by atoms with Crippen LogP contribution in [0.2, 0.25) is 0 Å². The molecule has 1 aliphatic heterocycles. The summed E-state index contributed by atoms with van der Waals surface area (Å²) in [5.41, 5.74) is 1.93. The lowest BCUT2D eigenvalue weighted by Crippen LogP contribution is -2.40. The van der Waals surface area contributed by atoms with E-state index in [1.165, 1.54) is 6.33 Å². The van der Waals surface area contributed by atoms with Crippen molar-refractivity contribution >= 4 is 15.7 Å². The van der Waals surface area contributed by atoms with Crippen molar-refractivity contribution in [2.24, 2.45) is 0 Å². The van der Waals surface area contributed by atoms with Gasteiger partial charge in [-0.2, -0.15) is 5.10 Å². The molecule has 2 aromatic heterocycles. The first-order valence-corrected chi connectivity index (χ1v) is 8.58. The molecule has 0 radical (unpaired) electrons. The van der Waals surface area contributed by atoms with Gasteiger partial charge in [-0.25, -0.2) is 23.1 Å². The molecule has 0 N–H and O–H groups in total. The second kappa shape index (κ2) is 5.10. The highest BCUT2D eigenvalue weighted by Gasteiger charge is 2.22. The van der Waals surface area contributed by atoms with E-state index in [0.29, 0.717) is 18.9 Å². The number of aryl methyl sites for hydroxylation is 2. The molecule has 21 heavy (non-hydrogen) atoms. The van der Waals surface area contributed by atoms with Gasteiger partial charge in [0.2, 0.25) is 0 Å². The molecule has 7 nitrogen and oxygen atoms in total. The van der Waals surface area contributed by atoms with Crippen LogP contribution >= 0.6 is 0 Å². The van der Waals surface area contributed by atoms with Crippen LogP contribution in [0.15, 0.2) is 18.5 Å². The number of sulfone groups is 1. The molecule has 0 atom stereocenters. The predicted octanol–water partition coefficient (Wildman–Crippen LogP) is 0.514. The fraction of sp³-hybridized carbons (Fsp3) is 0.462. The molecule has 1 fully saturated rings. The van der Waals surface area contributed by atoms with Gasteiger partial charge in [0.15, 0.2) is 15.7 Å². The van der Waals surface area contributed by atoms with Gasteiger partial charge in [-0.15, -0.1) is 0 Å². The van der Waals surface area contributed by atoms with E-state index in [-0.39, 0.29) is 11.5 Å². The van der Waals surface area contributed by atoms with E-state index < -0.39 is 9.84 Å². The molecular formula is C13H17N5O2S. The van der Waals surface area contributed by atoms with Crippen LogP contribution in [0.25, 0.3) is 5.82 Å². The van der Waals surface area contributed by atoms with Gasteiger partial charge < -0.3 is 4.90 Å². The van der Waals surface area contributed by atoms with Gasteiger partial charge in [-0.05, 0) is 19.9 Å². The molecule has 3 heterocycles. The first kappa shape index (κ1) is 14.0. The number of hydrogen-bond donors (Lipinski definition) is 0. The van der Waals surface area contributed by atoms with Gasteiger partial charge in [0.25, 0.3) is 0 Å². The average molecular weight is 307 g/mol. The Morgan fingerprint density at radius 2 is 1.71 bits per heavy atom. The molecule has 0 aromatic carbocycles. The molecule has 0 bridgehead atoms. The number of hydrogen-bond acceptors (Lipinski definition) is 6. The molecular weight excluding hydrogens is 290 g/mol. The highest BCUT2D eigenvalue weighted by molar-refractivity contribution is 7.91. The number of nitrogens with zero attached hydrogens (tertiary/aromatic N) is 5. The quantitative estimate of drug-likeness (QED) is 0.804. The Labute approximate surface area is 123 Å². The summed E-state index contributed by atoms with van der Waals surface area (Å²) in [7, 11) is -2.89. The summed E-state index contributed by atoms with van der Waals surface area (Å²) < 4.78 is 24.7. The second-order valence-corrected chi connectivity index (χ2v) is 7.52. The number of anilines is 1. The minimum Gasteiger partial charge on any atom is -0.354 e. The molecule has 112 valence electrons. The predicted molar refractivity (Wildman–Crippen MR) is 79.5 cm³/mol. The van der Waals surface area contributed by atoms with Gasteiger partial charge in [0.05, 0.1) is 17.2 Å². The summed E-state index contributed by atoms with van der Waals surface area (Å²) in [6.45, 7) is 4.84. The van der Waals surface area contributed by atoms with Crippen molar-refractivity contribution in [3.8, 4) is 5.82 Å². The van der Waals surface area contributed by atoms with Crippen molar-refractivity contribution in [1.29, 1.82) is 0 Å². The maximum absolute atomic E-state index is 11.5. The third-order valence-electron chi connectivity index (χ3n) is 3.53. The maximum atomic E-state index is 11.5. The normalized spacial score (nSPS) is 17.9. The monoisotopic (exact) mass is 307 g/mol. The van der Waals surface area contributed by atoms with Crippen molar-refractivity contribution in [3.05, 3.63) is 29.8 Å². The van der Waals surface area contributed by atoms with E-state index in [2.05, 4.69) is 15.1 Å². The van der Waals surface area contributed by atoms with Crippen molar-refractivity contribution in [2.45, 2.75) is 13.8 Å². The third kappa shape index (κ3) is 2.90. The van der Waals surface area contributed by atoms with Gasteiger partial charge in [-0.1, -0.05) is 0 Å². The Morgan fingerprint density at radius 1 is 1.05 bits per heavy atom. The SMILES string of the molecule is Cc1cc(C)n(-c2cc(N3CCS(=O)(=O)CC3)ncn2)n1. The summed E-state index contributed by atoms with van der Waals surface area (Å²) in [5.74, 6) is 1.78. The Hall–Kier alpha value is -1.96. The van der Waals surface area contributed by atoms with Crippen LogP contribution in [0.3, 0.4) is 0 Å². The molecule has 3 rings (SSSR count). The summed E-state index contributed by atoms with van der Waals surface area (Å²) in [6, 6.07) is 3.83. The lowest BCUT2D eigenvalue weighted by atomic mass is 10.4. The van der Waals surface area contributed by atoms with Crippen LogP contribution in [0.5, 0.6) is 0 Å². The molecule has 2 aromatic rings. The zero-order valence-corrected chi connectivity index (χ0v) is 12.8. The van der Waals surface area contributed by atoms with Crippen molar-refractivity contribution in [1.82, 2.24) is 19.7 Å². The summed E-state index contributed by atoms with van der Waals surface area (Å²) in [5, 5.41) is 4.40. The van der Waals surface area contributed by atoms with Gasteiger partial charge in [0, 0.05) is 24.8 Å². The largest absolute Gasteiger partial charge is 0.354 e. The topological polar surface area (TPSA) is 81.0 Å². The Balaban J connectivity index is 1.89. The smallest absolute Gasteiger partial charge is 0.159 e. The lowest BCUT2D eigenvalue weighted by molar-refractivity contribution is 0.586. The van der Waals surface area contributed by atoms with Crippen LogP contribution in [-0.4, -0.2) is 52.8 Å². The molecule has 0 saturated carbocycles. The molecule has 0 unspecified atom stereocenters. The van der Waals surface area contributed by atoms with Crippen molar-refractivity contribution < 1.29 is 8.42 Å². The molecule has 0 amide bonds. The van der Waals surface area contributed by atoms with Crippen LogP contribution in [-0.2, 0) is 9.84 Å². The van der Waals surface area contributed by atoms with Gasteiger partial charge >= 0.3 is 0 Å². The summed E-state index contributed by atoms with van der Waals surface area (Å²) in [4.78, 5) is 10.5. The first-order valence-electron chi connectivity index (χ1n) is 6.76. The van der Waals surface area contributed by atoms with E-state index in [1.807, 2.05) is 30.9 Å². The van der Waals surface area contributed by atoms with Crippen LogP contribution in [0.1, 0.15) is 11.4 Å². The zero-order chi connectivity index (χ0) is 15.0. The Morgan fingerprint density at radius 3 is 2.33 bits per heavy atom. The lowest BCUT2D eigenvalue weighted by Gasteiger charge is -2.27. The van der Waals surface area contributed by atoms with Crippen LogP contribution < -0.4 is 4.90 Å². The van der Waals surface area contributed by atoms with E-state index >= 15 is 0 Å². The zero-order valence-electron chi connectivity index (χ0n) is 12.0. The van der Waals surface area contributed by atoms with E-state index in [0.717, 1.165) is 17.2 Å². The molecule has 0 spiro atoms. The second-order valence-electron chi connectivity index (χ2n) is 5.21. The van der Waals surface area contributed by atoms with E-state index in [9.17, 15) is 8.42 Å². The van der Waals surface area contributed by atoms with Crippen LogP contribution in [0.4, 0.5) is 5.82 Å². The molecule has 1 saturated heterocycles. The van der Waals surface area contributed by atoms with E-state index in [1.54, 1.807) is 4.68 Å². The minimum absolute atomic E-state index is 0.173. The summed E-state index contributed by atoms with van der Waals surface area (Å²) in [6.07, 6.45) is 1.49. The fourth-order valence-corrected chi connectivity index (χ4v) is 3.63. The molecule has 0 aliphatic carbocycles. The summed E-state index contributed by atoms with van der Waals surface area (Å²) >= 11 is 0. The first-order chi connectivity index (χ1) is 9.94. The van der Waals surface area contributed by atoms with Gasteiger partial charge in [0.1, 0.15) is 12.1 Å². The van der Waals surface area contributed by atoms with Crippen molar-refractivity contribution in [3.63, 3.8) is 0 Å². The van der Waals surface area contributed by atoms with Crippen molar-refractivity contribution in [2.75, 3.05) is 29.5 Å². The maximum Gasteiger partial charge on any atom is 0.159 e.